The average Bonchev–Trinajstić information content (AvgIpc) is 3.20. The maximum Gasteiger partial charge on any atom is 0.335 e. The lowest BCUT2D eigenvalue weighted by molar-refractivity contribution is 0.0695. The predicted octanol–water partition coefficient (Wildman–Crippen LogP) is 1.49. The smallest absolute Gasteiger partial charge is 0.335 e. The summed E-state index contributed by atoms with van der Waals surface area (Å²) in [6.45, 7) is 2.62. The molecule has 1 aromatic carbocycles. The van der Waals surface area contributed by atoms with Crippen molar-refractivity contribution in [3.8, 4) is 0 Å². The zero-order valence-corrected chi connectivity index (χ0v) is 13.6. The van der Waals surface area contributed by atoms with Gasteiger partial charge in [0, 0.05) is 24.9 Å². The number of carboxylic acids is 1. The van der Waals surface area contributed by atoms with Gasteiger partial charge in [0.05, 0.1) is 22.7 Å². The SMILES string of the molecule is Cc1ccc(S(=O)(=O)N2C[C@@H]3[C@@H](C2)[C@H]2CC[C@H]3O2)cc1C(=O)O. The summed E-state index contributed by atoms with van der Waals surface area (Å²) in [5.74, 6) is -0.537. The molecule has 6 nitrogen and oxygen atoms in total. The van der Waals surface area contributed by atoms with Gasteiger partial charge in [-0.05, 0) is 37.5 Å². The molecular formula is C16H19NO5S. The summed E-state index contributed by atoms with van der Waals surface area (Å²) < 4.78 is 33.1. The molecule has 23 heavy (non-hydrogen) atoms. The van der Waals surface area contributed by atoms with Gasteiger partial charge >= 0.3 is 5.97 Å². The van der Waals surface area contributed by atoms with E-state index < -0.39 is 16.0 Å². The Morgan fingerprint density at radius 1 is 1.22 bits per heavy atom. The predicted molar refractivity (Wildman–Crippen MR) is 81.8 cm³/mol. The van der Waals surface area contributed by atoms with E-state index in [1.54, 1.807) is 13.0 Å². The minimum absolute atomic E-state index is 0.0360. The van der Waals surface area contributed by atoms with Gasteiger partial charge in [0.1, 0.15) is 0 Å². The van der Waals surface area contributed by atoms with Crippen LogP contribution in [0.5, 0.6) is 0 Å². The fraction of sp³-hybridized carbons (Fsp3) is 0.562. The molecule has 2 bridgehead atoms. The molecule has 7 heteroatoms. The summed E-state index contributed by atoms with van der Waals surface area (Å²) in [6, 6.07) is 4.32. The highest BCUT2D eigenvalue weighted by molar-refractivity contribution is 7.89. The number of nitrogens with zero attached hydrogens (tertiary/aromatic N) is 1. The molecule has 0 saturated carbocycles. The maximum absolute atomic E-state index is 12.9. The first-order chi connectivity index (χ1) is 10.9. The van der Waals surface area contributed by atoms with Crippen molar-refractivity contribution in [2.75, 3.05) is 13.1 Å². The van der Waals surface area contributed by atoms with Crippen LogP contribution < -0.4 is 0 Å². The molecule has 0 unspecified atom stereocenters. The number of aryl methyl sites for hydroxylation is 1. The Kier molecular flexibility index (Phi) is 3.30. The van der Waals surface area contributed by atoms with Crippen LogP contribution in [-0.2, 0) is 14.8 Å². The van der Waals surface area contributed by atoms with Crippen LogP contribution in [0.4, 0.5) is 0 Å². The Hall–Kier alpha value is -1.44. The van der Waals surface area contributed by atoms with E-state index in [9.17, 15) is 18.3 Å². The van der Waals surface area contributed by atoms with Gasteiger partial charge in [0.15, 0.2) is 0 Å². The van der Waals surface area contributed by atoms with E-state index in [4.69, 9.17) is 4.74 Å². The molecule has 4 atom stereocenters. The zero-order chi connectivity index (χ0) is 16.4. The van der Waals surface area contributed by atoms with Gasteiger partial charge in [0.25, 0.3) is 0 Å². The standard InChI is InChI=1S/C16H19NO5S/c1-9-2-3-10(6-11(9)16(18)19)23(20,21)17-7-12-13(8-17)15-5-4-14(12)22-15/h2-3,6,12-15H,4-5,7-8H2,1H3,(H,18,19)/t12-,13-,14-,15-/m1/s1. The van der Waals surface area contributed by atoms with Crippen LogP contribution in [0, 0.1) is 18.8 Å². The lowest BCUT2D eigenvalue weighted by Crippen LogP contribution is -2.31. The maximum atomic E-state index is 12.9. The molecule has 3 saturated heterocycles. The third kappa shape index (κ3) is 2.21. The molecule has 0 aliphatic carbocycles. The van der Waals surface area contributed by atoms with Gasteiger partial charge in [0.2, 0.25) is 10.0 Å². The summed E-state index contributed by atoms with van der Waals surface area (Å²) in [6.07, 6.45) is 2.43. The first kappa shape index (κ1) is 15.1. The third-order valence-electron chi connectivity index (χ3n) is 5.50. The molecule has 1 aromatic rings. The molecule has 0 aromatic heterocycles. The number of hydrogen-bond acceptors (Lipinski definition) is 4. The number of ether oxygens (including phenoxy) is 1. The Balaban J connectivity index is 1.64. The highest BCUT2D eigenvalue weighted by atomic mass is 32.2. The summed E-state index contributed by atoms with van der Waals surface area (Å²) >= 11 is 0. The number of benzene rings is 1. The first-order valence-electron chi connectivity index (χ1n) is 7.87. The highest BCUT2D eigenvalue weighted by Gasteiger charge is 2.55. The van der Waals surface area contributed by atoms with E-state index in [0.717, 1.165) is 12.8 Å². The molecule has 0 amide bonds. The van der Waals surface area contributed by atoms with Crippen molar-refractivity contribution in [1.29, 1.82) is 0 Å². The average molecular weight is 337 g/mol. The number of carboxylic acid groups (broad SMARTS) is 1. The largest absolute Gasteiger partial charge is 0.478 e. The minimum Gasteiger partial charge on any atom is -0.478 e. The fourth-order valence-corrected chi connectivity index (χ4v) is 5.80. The van der Waals surface area contributed by atoms with Gasteiger partial charge in [-0.3, -0.25) is 0 Å². The van der Waals surface area contributed by atoms with Crippen LogP contribution in [-0.4, -0.2) is 49.1 Å². The summed E-state index contributed by atoms with van der Waals surface area (Å²) in [5, 5.41) is 9.21. The summed E-state index contributed by atoms with van der Waals surface area (Å²) in [4.78, 5) is 11.3. The Morgan fingerprint density at radius 3 is 2.39 bits per heavy atom. The second-order valence-corrected chi connectivity index (χ2v) is 8.66. The molecule has 3 fully saturated rings. The Labute approximate surface area is 135 Å². The molecule has 124 valence electrons. The van der Waals surface area contributed by atoms with Crippen molar-refractivity contribution >= 4 is 16.0 Å². The second-order valence-electron chi connectivity index (χ2n) is 6.72. The normalized spacial score (nSPS) is 33.1. The van der Waals surface area contributed by atoms with E-state index in [1.807, 2.05) is 0 Å². The van der Waals surface area contributed by atoms with Crippen molar-refractivity contribution in [1.82, 2.24) is 4.31 Å². The molecular weight excluding hydrogens is 318 g/mol. The monoisotopic (exact) mass is 337 g/mol. The topological polar surface area (TPSA) is 83.9 Å². The lowest BCUT2D eigenvalue weighted by atomic mass is 9.82. The molecule has 1 N–H and O–H groups in total. The van der Waals surface area contributed by atoms with Crippen LogP contribution in [0.3, 0.4) is 0 Å². The summed E-state index contributed by atoms with van der Waals surface area (Å²) in [7, 11) is -3.66. The first-order valence-corrected chi connectivity index (χ1v) is 9.31. The van der Waals surface area contributed by atoms with Crippen LogP contribution in [0.1, 0.15) is 28.8 Å². The summed E-state index contributed by atoms with van der Waals surface area (Å²) in [5.41, 5.74) is 0.593. The quantitative estimate of drug-likeness (QED) is 0.903. The van der Waals surface area contributed by atoms with Crippen LogP contribution >= 0.6 is 0 Å². The number of aromatic carboxylic acids is 1. The van der Waals surface area contributed by atoms with E-state index in [0.29, 0.717) is 18.7 Å². The van der Waals surface area contributed by atoms with Gasteiger partial charge in [-0.2, -0.15) is 4.31 Å². The number of carbonyl (C=O) groups is 1. The second kappa shape index (κ2) is 5.03. The van der Waals surface area contributed by atoms with Crippen molar-refractivity contribution in [3.05, 3.63) is 29.3 Å². The van der Waals surface area contributed by atoms with Crippen molar-refractivity contribution in [2.24, 2.45) is 11.8 Å². The lowest BCUT2D eigenvalue weighted by Gasteiger charge is -2.19. The molecule has 4 rings (SSSR count). The number of fused-ring (bicyclic) bond motifs is 5. The van der Waals surface area contributed by atoms with E-state index in [1.165, 1.54) is 16.4 Å². The van der Waals surface area contributed by atoms with Gasteiger partial charge in [-0.15, -0.1) is 0 Å². The third-order valence-corrected chi connectivity index (χ3v) is 7.32. The molecule has 3 heterocycles. The number of hydrogen-bond donors (Lipinski definition) is 1. The Bertz CT molecular complexity index is 757. The van der Waals surface area contributed by atoms with Crippen LogP contribution in [0.25, 0.3) is 0 Å². The van der Waals surface area contributed by atoms with E-state index in [-0.39, 0.29) is 34.5 Å². The van der Waals surface area contributed by atoms with Gasteiger partial charge in [-0.25, -0.2) is 13.2 Å². The van der Waals surface area contributed by atoms with Crippen LogP contribution in [0.2, 0.25) is 0 Å². The van der Waals surface area contributed by atoms with Crippen LogP contribution in [0.15, 0.2) is 23.1 Å². The number of rotatable bonds is 3. The zero-order valence-electron chi connectivity index (χ0n) is 12.8. The van der Waals surface area contributed by atoms with Gasteiger partial charge < -0.3 is 9.84 Å². The number of sulfonamides is 1. The fourth-order valence-electron chi connectivity index (χ4n) is 4.26. The van der Waals surface area contributed by atoms with Crippen molar-refractivity contribution in [2.45, 2.75) is 36.9 Å². The van der Waals surface area contributed by atoms with E-state index in [2.05, 4.69) is 0 Å². The highest BCUT2D eigenvalue weighted by Crippen LogP contribution is 2.48. The molecule has 3 aliphatic heterocycles. The minimum atomic E-state index is -3.66. The Morgan fingerprint density at radius 2 is 1.83 bits per heavy atom. The van der Waals surface area contributed by atoms with Crippen molar-refractivity contribution < 1.29 is 23.1 Å². The molecule has 3 aliphatic rings. The van der Waals surface area contributed by atoms with E-state index >= 15 is 0 Å². The van der Waals surface area contributed by atoms with Gasteiger partial charge in [-0.1, -0.05) is 6.07 Å². The molecule has 0 radical (unpaired) electrons. The van der Waals surface area contributed by atoms with Crippen molar-refractivity contribution in [3.63, 3.8) is 0 Å². The molecule has 0 spiro atoms.